The molecule has 3 nitrogen and oxygen atoms in total. The average molecular weight is 426 g/mol. The minimum Gasteiger partial charge on any atom is -0.199 e. The van der Waals surface area contributed by atoms with Crippen molar-refractivity contribution in [3.8, 4) is 11.1 Å². The van der Waals surface area contributed by atoms with Crippen LogP contribution in [0.3, 0.4) is 0 Å². The molecule has 0 radical (unpaired) electrons. The van der Waals surface area contributed by atoms with E-state index in [0.29, 0.717) is 0 Å². The minimum atomic E-state index is -3.76. The van der Waals surface area contributed by atoms with Crippen LogP contribution in [0.1, 0.15) is 5.56 Å². The van der Waals surface area contributed by atoms with Crippen LogP contribution in [-0.2, 0) is 20.7 Å². The molecule has 3 aromatic carbocycles. The van der Waals surface area contributed by atoms with Gasteiger partial charge in [0.1, 0.15) is 0 Å². The van der Waals surface area contributed by atoms with Crippen LogP contribution in [-0.4, -0.2) is 16.5 Å². The van der Waals surface area contributed by atoms with Crippen molar-refractivity contribution >= 4 is 34.0 Å². The van der Waals surface area contributed by atoms with E-state index in [1.54, 1.807) is 12.1 Å². The SMILES string of the molecule is Cc1ccc(S(=O)(=O)/N=S2\c3ccccc3-c3cccc([Si](C)(C)C)c32)cc1. The van der Waals surface area contributed by atoms with E-state index in [4.69, 9.17) is 0 Å². The Balaban J connectivity index is 2.01. The standard InChI is InChI=1S/C22H23NO2S2Si/c1-16-12-14-17(15-13-16)27(24,25)23-26-20-10-6-5-8-18(20)19-9-7-11-21(22(19)26)28(2,3)4/h5-15H,1-4H3. The lowest BCUT2D eigenvalue weighted by Crippen LogP contribution is -2.40. The number of nitrogens with zero attached hydrogens (tertiary/aromatic N) is 1. The molecule has 0 aliphatic carbocycles. The quantitative estimate of drug-likeness (QED) is 0.427. The molecule has 1 aliphatic heterocycles. The predicted molar refractivity (Wildman–Crippen MR) is 120 cm³/mol. The molecule has 0 N–H and O–H groups in total. The largest absolute Gasteiger partial charge is 0.288 e. The second kappa shape index (κ2) is 6.79. The Bertz CT molecular complexity index is 1210. The number of benzene rings is 3. The highest BCUT2D eigenvalue weighted by molar-refractivity contribution is 8.00. The van der Waals surface area contributed by atoms with Gasteiger partial charge in [-0.05, 0) is 52.1 Å². The van der Waals surface area contributed by atoms with E-state index in [1.165, 1.54) is 5.19 Å². The molecule has 0 amide bonds. The normalized spacial score (nSPS) is 16.1. The van der Waals surface area contributed by atoms with Crippen molar-refractivity contribution in [3.63, 3.8) is 0 Å². The highest BCUT2D eigenvalue weighted by atomic mass is 32.3. The molecule has 1 atom stereocenters. The van der Waals surface area contributed by atoms with Gasteiger partial charge in [0.05, 0.1) is 13.0 Å². The Morgan fingerprint density at radius 2 is 1.46 bits per heavy atom. The first kappa shape index (κ1) is 19.3. The van der Waals surface area contributed by atoms with E-state index in [9.17, 15) is 8.42 Å². The Morgan fingerprint density at radius 1 is 0.821 bits per heavy atom. The van der Waals surface area contributed by atoms with Crippen LogP contribution in [0.2, 0.25) is 19.6 Å². The second-order valence-corrected chi connectivity index (χ2v) is 16.5. The van der Waals surface area contributed by atoms with Crippen LogP contribution in [0.5, 0.6) is 0 Å². The number of aryl methyl sites for hydroxylation is 1. The van der Waals surface area contributed by atoms with E-state index in [0.717, 1.165) is 26.5 Å². The third-order valence-electron chi connectivity index (χ3n) is 4.89. The lowest BCUT2D eigenvalue weighted by atomic mass is 10.1. The maximum absolute atomic E-state index is 13.1. The van der Waals surface area contributed by atoms with Gasteiger partial charge in [0, 0.05) is 9.79 Å². The van der Waals surface area contributed by atoms with Crippen LogP contribution in [0.15, 0.2) is 85.2 Å². The van der Waals surface area contributed by atoms with Crippen molar-refractivity contribution in [2.45, 2.75) is 41.3 Å². The van der Waals surface area contributed by atoms with Crippen LogP contribution < -0.4 is 5.19 Å². The monoisotopic (exact) mass is 425 g/mol. The van der Waals surface area contributed by atoms with Gasteiger partial charge in [0.15, 0.2) is 0 Å². The zero-order valence-corrected chi connectivity index (χ0v) is 19.1. The van der Waals surface area contributed by atoms with Gasteiger partial charge in [0.2, 0.25) is 0 Å². The maximum atomic E-state index is 13.1. The lowest BCUT2D eigenvalue weighted by Gasteiger charge is -2.21. The smallest absolute Gasteiger partial charge is 0.199 e. The minimum absolute atomic E-state index is 0.252. The topological polar surface area (TPSA) is 46.5 Å². The number of fused-ring (bicyclic) bond motifs is 3. The Hall–Kier alpha value is -2.02. The number of hydrogen-bond donors (Lipinski definition) is 0. The lowest BCUT2D eigenvalue weighted by molar-refractivity contribution is 0.598. The molecule has 0 saturated heterocycles. The molecule has 0 aromatic heterocycles. The third kappa shape index (κ3) is 3.30. The summed E-state index contributed by atoms with van der Waals surface area (Å²) in [5.74, 6) is 0. The zero-order chi connectivity index (χ0) is 20.1. The first-order valence-corrected chi connectivity index (χ1v) is 15.3. The van der Waals surface area contributed by atoms with Gasteiger partial charge >= 0.3 is 0 Å². The molecule has 3 aromatic rings. The molecule has 1 unspecified atom stereocenters. The first-order valence-electron chi connectivity index (χ1n) is 9.20. The fourth-order valence-corrected chi connectivity index (χ4v) is 9.77. The average Bonchev–Trinajstić information content (AvgIpc) is 2.95. The van der Waals surface area contributed by atoms with E-state index in [2.05, 4.69) is 47.7 Å². The van der Waals surface area contributed by atoms with E-state index >= 15 is 0 Å². The van der Waals surface area contributed by atoms with Crippen molar-refractivity contribution in [1.82, 2.24) is 0 Å². The molecule has 28 heavy (non-hydrogen) atoms. The third-order valence-corrected chi connectivity index (χ3v) is 11.0. The number of hydrogen-bond acceptors (Lipinski definition) is 2. The number of sulfonamides is 1. The molecule has 1 heterocycles. The van der Waals surface area contributed by atoms with Gasteiger partial charge in [-0.25, -0.2) is 0 Å². The molecule has 144 valence electrons. The van der Waals surface area contributed by atoms with Crippen LogP contribution in [0, 0.1) is 6.92 Å². The van der Waals surface area contributed by atoms with E-state index in [-0.39, 0.29) is 4.90 Å². The summed E-state index contributed by atoms with van der Waals surface area (Å²) in [7, 11) is -6.28. The summed E-state index contributed by atoms with van der Waals surface area (Å²) in [5.41, 5.74) is 3.25. The molecule has 0 fully saturated rings. The maximum Gasteiger partial charge on any atom is 0.288 e. The highest BCUT2D eigenvalue weighted by Gasteiger charge is 2.32. The molecule has 0 spiro atoms. The van der Waals surface area contributed by atoms with Gasteiger partial charge in [-0.3, -0.25) is 0 Å². The summed E-state index contributed by atoms with van der Waals surface area (Å²) >= 11 is 0. The fraction of sp³-hybridized carbons (Fsp3) is 0.182. The summed E-state index contributed by atoms with van der Waals surface area (Å²) in [6.07, 6.45) is 0. The summed E-state index contributed by atoms with van der Waals surface area (Å²) < 4.78 is 30.8. The fourth-order valence-electron chi connectivity index (χ4n) is 3.44. The molecule has 0 bridgehead atoms. The molecule has 1 aliphatic rings. The molecular formula is C22H23NO2S2Si. The van der Waals surface area contributed by atoms with Crippen molar-refractivity contribution in [3.05, 3.63) is 72.3 Å². The number of rotatable bonds is 3. The molecular weight excluding hydrogens is 402 g/mol. The zero-order valence-electron chi connectivity index (χ0n) is 16.4. The van der Waals surface area contributed by atoms with Gasteiger partial charge < -0.3 is 0 Å². The second-order valence-electron chi connectivity index (χ2n) is 8.08. The van der Waals surface area contributed by atoms with Crippen molar-refractivity contribution < 1.29 is 8.42 Å². The van der Waals surface area contributed by atoms with Gasteiger partial charge in [-0.2, -0.15) is 8.42 Å². The Labute approximate surface area is 170 Å². The van der Waals surface area contributed by atoms with Crippen molar-refractivity contribution in [2.24, 2.45) is 3.77 Å². The highest BCUT2D eigenvalue weighted by Crippen LogP contribution is 2.42. The van der Waals surface area contributed by atoms with Gasteiger partial charge in [-0.1, -0.05) is 73.7 Å². The molecule has 6 heteroatoms. The van der Waals surface area contributed by atoms with Gasteiger partial charge in [-0.15, -0.1) is 3.77 Å². The van der Waals surface area contributed by atoms with Crippen molar-refractivity contribution in [2.75, 3.05) is 0 Å². The van der Waals surface area contributed by atoms with Gasteiger partial charge in [0.25, 0.3) is 10.0 Å². The summed E-state index contributed by atoms with van der Waals surface area (Å²) in [5, 5.41) is 1.28. The summed E-state index contributed by atoms with van der Waals surface area (Å²) in [6, 6.07) is 21.3. The van der Waals surface area contributed by atoms with Crippen LogP contribution in [0.4, 0.5) is 0 Å². The van der Waals surface area contributed by atoms with Crippen LogP contribution >= 0.6 is 0 Å². The molecule has 4 rings (SSSR count). The molecule has 0 saturated carbocycles. The Kier molecular flexibility index (Phi) is 4.68. The first-order chi connectivity index (χ1) is 13.2. The van der Waals surface area contributed by atoms with Crippen LogP contribution in [0.25, 0.3) is 11.1 Å². The Morgan fingerprint density at radius 3 is 2.14 bits per heavy atom. The van der Waals surface area contributed by atoms with Crippen molar-refractivity contribution in [1.29, 1.82) is 0 Å². The predicted octanol–water partition coefficient (Wildman–Crippen LogP) is 5.13. The summed E-state index contributed by atoms with van der Waals surface area (Å²) in [6.45, 7) is 8.82. The van der Waals surface area contributed by atoms with E-state index in [1.807, 2.05) is 37.3 Å². The summed E-state index contributed by atoms with van der Waals surface area (Å²) in [4.78, 5) is 2.35. The van der Waals surface area contributed by atoms with E-state index < -0.39 is 28.8 Å².